The topological polar surface area (TPSA) is 34.2 Å². The molecule has 1 aromatic heterocycles. The van der Waals surface area contributed by atoms with Crippen molar-refractivity contribution in [3.63, 3.8) is 0 Å². The molecule has 96 valence electrons. The average molecular weight is 243 g/mol. The Labute approximate surface area is 108 Å². The van der Waals surface area contributed by atoms with Gasteiger partial charge < -0.3 is 10.3 Å². The maximum atomic E-state index is 5.80. The van der Waals surface area contributed by atoms with Crippen molar-refractivity contribution >= 4 is 10.9 Å². The Bertz CT molecular complexity index is 558. The standard InChI is InChI=1S/C15H21N3/c1-17-6-5-13-8-12(3-4-14(13)17)15-7-11(9-16)10-18(15)2/h3-6,8,11,15H,7,9-10,16H2,1-2H3. The molecule has 1 aromatic carbocycles. The van der Waals surface area contributed by atoms with Crippen LogP contribution >= 0.6 is 0 Å². The van der Waals surface area contributed by atoms with E-state index in [2.05, 4.69) is 54.0 Å². The molecule has 2 heterocycles. The number of fused-ring (bicyclic) bond motifs is 1. The van der Waals surface area contributed by atoms with E-state index < -0.39 is 0 Å². The number of aromatic nitrogens is 1. The quantitative estimate of drug-likeness (QED) is 0.876. The molecule has 3 heteroatoms. The first-order chi connectivity index (χ1) is 8.69. The molecule has 0 radical (unpaired) electrons. The summed E-state index contributed by atoms with van der Waals surface area (Å²) in [5, 5.41) is 1.33. The molecular formula is C15H21N3. The Hall–Kier alpha value is -1.32. The van der Waals surface area contributed by atoms with Crippen LogP contribution in [0.15, 0.2) is 30.5 Å². The SMILES string of the molecule is CN1CC(CN)CC1c1ccc2c(ccn2C)c1. The van der Waals surface area contributed by atoms with E-state index in [0.717, 1.165) is 13.1 Å². The zero-order chi connectivity index (χ0) is 12.7. The van der Waals surface area contributed by atoms with Crippen LogP contribution < -0.4 is 5.73 Å². The second kappa shape index (κ2) is 4.41. The van der Waals surface area contributed by atoms with Crippen LogP contribution in [0.5, 0.6) is 0 Å². The minimum Gasteiger partial charge on any atom is -0.351 e. The normalized spacial score (nSPS) is 25.1. The van der Waals surface area contributed by atoms with Gasteiger partial charge in [-0.25, -0.2) is 0 Å². The highest BCUT2D eigenvalue weighted by atomic mass is 15.2. The zero-order valence-electron chi connectivity index (χ0n) is 11.1. The van der Waals surface area contributed by atoms with Gasteiger partial charge in [-0.2, -0.15) is 0 Å². The lowest BCUT2D eigenvalue weighted by Crippen LogP contribution is -2.20. The summed E-state index contributed by atoms with van der Waals surface area (Å²) in [5.74, 6) is 0.645. The predicted molar refractivity (Wildman–Crippen MR) is 75.5 cm³/mol. The molecular weight excluding hydrogens is 222 g/mol. The fourth-order valence-corrected chi connectivity index (χ4v) is 3.17. The van der Waals surface area contributed by atoms with Gasteiger partial charge in [-0.15, -0.1) is 0 Å². The first-order valence-corrected chi connectivity index (χ1v) is 6.64. The van der Waals surface area contributed by atoms with Gasteiger partial charge in [0, 0.05) is 31.3 Å². The molecule has 0 aliphatic carbocycles. The molecule has 0 spiro atoms. The largest absolute Gasteiger partial charge is 0.351 e. The Morgan fingerprint density at radius 1 is 1.28 bits per heavy atom. The van der Waals surface area contributed by atoms with Crippen molar-refractivity contribution in [3.8, 4) is 0 Å². The second-order valence-electron chi connectivity index (χ2n) is 5.54. The molecule has 3 nitrogen and oxygen atoms in total. The van der Waals surface area contributed by atoms with E-state index in [4.69, 9.17) is 5.73 Å². The minimum absolute atomic E-state index is 0.531. The van der Waals surface area contributed by atoms with Gasteiger partial charge in [0.05, 0.1) is 0 Å². The summed E-state index contributed by atoms with van der Waals surface area (Å²) < 4.78 is 2.17. The molecule has 0 saturated carbocycles. The van der Waals surface area contributed by atoms with Crippen LogP contribution in [0.2, 0.25) is 0 Å². The summed E-state index contributed by atoms with van der Waals surface area (Å²) in [6.45, 7) is 1.92. The van der Waals surface area contributed by atoms with E-state index in [9.17, 15) is 0 Å². The molecule has 2 unspecified atom stereocenters. The van der Waals surface area contributed by atoms with E-state index in [1.165, 1.54) is 22.9 Å². The van der Waals surface area contributed by atoms with Crippen LogP contribution in [-0.4, -0.2) is 29.6 Å². The lowest BCUT2D eigenvalue weighted by molar-refractivity contribution is 0.314. The maximum Gasteiger partial charge on any atom is 0.0477 e. The van der Waals surface area contributed by atoms with Gasteiger partial charge >= 0.3 is 0 Å². The second-order valence-corrected chi connectivity index (χ2v) is 5.54. The lowest BCUT2D eigenvalue weighted by Gasteiger charge is -2.19. The fourth-order valence-electron chi connectivity index (χ4n) is 3.17. The summed E-state index contributed by atoms with van der Waals surface area (Å²) in [4.78, 5) is 2.43. The van der Waals surface area contributed by atoms with Gasteiger partial charge in [-0.3, -0.25) is 4.90 Å². The maximum absolute atomic E-state index is 5.80. The molecule has 0 bridgehead atoms. The zero-order valence-corrected chi connectivity index (χ0v) is 11.1. The third kappa shape index (κ3) is 1.84. The smallest absolute Gasteiger partial charge is 0.0477 e. The molecule has 1 fully saturated rings. The Morgan fingerprint density at radius 3 is 2.83 bits per heavy atom. The number of nitrogens with two attached hydrogens (primary N) is 1. The number of hydrogen-bond acceptors (Lipinski definition) is 2. The number of hydrogen-bond donors (Lipinski definition) is 1. The highest BCUT2D eigenvalue weighted by Gasteiger charge is 2.29. The van der Waals surface area contributed by atoms with Crippen LogP contribution in [-0.2, 0) is 7.05 Å². The van der Waals surface area contributed by atoms with Crippen molar-refractivity contribution < 1.29 is 0 Å². The van der Waals surface area contributed by atoms with Crippen LogP contribution in [0.1, 0.15) is 18.0 Å². The molecule has 1 saturated heterocycles. The molecule has 18 heavy (non-hydrogen) atoms. The van der Waals surface area contributed by atoms with Gasteiger partial charge in [0.25, 0.3) is 0 Å². The van der Waals surface area contributed by atoms with Gasteiger partial charge in [-0.05, 0) is 55.1 Å². The Balaban J connectivity index is 1.94. The van der Waals surface area contributed by atoms with Gasteiger partial charge in [0.15, 0.2) is 0 Å². The Kier molecular flexibility index (Phi) is 2.88. The highest BCUT2D eigenvalue weighted by molar-refractivity contribution is 5.80. The third-order valence-corrected chi connectivity index (χ3v) is 4.26. The van der Waals surface area contributed by atoms with Crippen LogP contribution in [0, 0.1) is 5.92 Å². The summed E-state index contributed by atoms with van der Waals surface area (Å²) in [6, 6.07) is 9.54. The number of likely N-dealkylation sites (tertiary alicyclic amines) is 1. The van der Waals surface area contributed by atoms with Crippen molar-refractivity contribution in [1.29, 1.82) is 0 Å². The number of benzene rings is 1. The Morgan fingerprint density at radius 2 is 2.11 bits per heavy atom. The molecule has 1 aliphatic heterocycles. The van der Waals surface area contributed by atoms with E-state index in [0.29, 0.717) is 12.0 Å². The van der Waals surface area contributed by atoms with Crippen molar-refractivity contribution in [2.45, 2.75) is 12.5 Å². The minimum atomic E-state index is 0.531. The van der Waals surface area contributed by atoms with Crippen molar-refractivity contribution in [3.05, 3.63) is 36.0 Å². The number of aryl methyl sites for hydroxylation is 1. The first-order valence-electron chi connectivity index (χ1n) is 6.64. The summed E-state index contributed by atoms with van der Waals surface area (Å²) in [6.07, 6.45) is 3.31. The number of nitrogens with zero attached hydrogens (tertiary/aromatic N) is 2. The number of rotatable bonds is 2. The predicted octanol–water partition coefficient (Wildman–Crippen LogP) is 2.13. The molecule has 1 aliphatic rings. The van der Waals surface area contributed by atoms with Gasteiger partial charge in [-0.1, -0.05) is 6.07 Å². The van der Waals surface area contributed by atoms with Crippen molar-refractivity contribution in [1.82, 2.24) is 9.47 Å². The van der Waals surface area contributed by atoms with Crippen LogP contribution in [0.4, 0.5) is 0 Å². The van der Waals surface area contributed by atoms with E-state index in [-0.39, 0.29) is 0 Å². The molecule has 2 atom stereocenters. The molecule has 0 amide bonds. The van der Waals surface area contributed by atoms with Gasteiger partial charge in [0.2, 0.25) is 0 Å². The average Bonchev–Trinajstić information content (AvgIpc) is 2.93. The van der Waals surface area contributed by atoms with E-state index >= 15 is 0 Å². The van der Waals surface area contributed by atoms with Crippen LogP contribution in [0.25, 0.3) is 10.9 Å². The third-order valence-electron chi connectivity index (χ3n) is 4.26. The molecule has 3 rings (SSSR count). The van der Waals surface area contributed by atoms with Crippen molar-refractivity contribution in [2.24, 2.45) is 18.7 Å². The summed E-state index contributed by atoms with van der Waals surface area (Å²) in [7, 11) is 4.30. The fraction of sp³-hybridized carbons (Fsp3) is 0.467. The monoisotopic (exact) mass is 243 g/mol. The summed E-state index contributed by atoms with van der Waals surface area (Å²) in [5.41, 5.74) is 8.52. The highest BCUT2D eigenvalue weighted by Crippen LogP contribution is 2.34. The molecule has 2 N–H and O–H groups in total. The van der Waals surface area contributed by atoms with E-state index in [1.807, 2.05) is 0 Å². The lowest BCUT2D eigenvalue weighted by atomic mass is 9.99. The van der Waals surface area contributed by atoms with Gasteiger partial charge in [0.1, 0.15) is 0 Å². The van der Waals surface area contributed by atoms with E-state index in [1.54, 1.807) is 0 Å². The summed E-state index contributed by atoms with van der Waals surface area (Å²) >= 11 is 0. The first kappa shape index (κ1) is 11.8. The van der Waals surface area contributed by atoms with Crippen LogP contribution in [0.3, 0.4) is 0 Å². The molecule has 2 aromatic rings. The van der Waals surface area contributed by atoms with Crippen molar-refractivity contribution in [2.75, 3.05) is 20.1 Å².